The number of hydrogen-bond acceptors (Lipinski definition) is 10. The van der Waals surface area contributed by atoms with E-state index in [1.165, 1.54) is 0 Å². The van der Waals surface area contributed by atoms with Gasteiger partial charge in [-0.2, -0.15) is 0 Å². The Kier molecular flexibility index (Phi) is 8.53. The zero-order valence-electron chi connectivity index (χ0n) is 11.7. The molecule has 0 amide bonds. The first-order chi connectivity index (χ1) is 10.6. The Morgan fingerprint density at radius 3 is 0.909 bits per heavy atom. The van der Waals surface area contributed by atoms with Crippen LogP contribution in [0.1, 0.15) is 0 Å². The van der Waals surface area contributed by atoms with Crippen LogP contribution in [-0.2, 0) is 47.6 Å². The average molecular weight is 320 g/mol. The molecule has 10 nitrogen and oxygen atoms in total. The van der Waals surface area contributed by atoms with Gasteiger partial charge in [0.15, 0.2) is 0 Å². The third-order valence-electron chi connectivity index (χ3n) is 2.10. The van der Waals surface area contributed by atoms with Crippen LogP contribution in [0.5, 0.6) is 0 Å². The van der Waals surface area contributed by atoms with Crippen molar-refractivity contribution in [3.63, 3.8) is 0 Å². The van der Waals surface area contributed by atoms with Gasteiger partial charge in [-0.3, -0.25) is 0 Å². The molecule has 0 saturated carbocycles. The van der Waals surface area contributed by atoms with Crippen molar-refractivity contribution in [2.45, 2.75) is 0 Å². The molecule has 0 spiro atoms. The summed E-state index contributed by atoms with van der Waals surface area (Å²) in [5.41, 5.74) is 0. The summed E-state index contributed by atoms with van der Waals surface area (Å²) >= 11 is 0. The lowest BCUT2D eigenvalue weighted by molar-refractivity contribution is -0.165. The summed E-state index contributed by atoms with van der Waals surface area (Å²) in [6.07, 6.45) is 0. The Balaban J connectivity index is 2.38. The second-order valence-electron chi connectivity index (χ2n) is 3.87. The van der Waals surface area contributed by atoms with Gasteiger partial charge in [-0.05, 0) is 0 Å². The molecular weight excluding hydrogens is 304 g/mol. The molecule has 0 unspecified atom stereocenters. The van der Waals surface area contributed by atoms with Crippen molar-refractivity contribution in [3.05, 3.63) is 0 Å². The minimum absolute atomic E-state index is 0.166. The highest BCUT2D eigenvalue weighted by Crippen LogP contribution is 1.90. The fourth-order valence-corrected chi connectivity index (χ4v) is 1.22. The Morgan fingerprint density at radius 2 is 0.682 bits per heavy atom. The highest BCUT2D eigenvalue weighted by molar-refractivity contribution is 5.74. The highest BCUT2D eigenvalue weighted by Gasteiger charge is 2.11. The summed E-state index contributed by atoms with van der Waals surface area (Å²) in [5, 5.41) is 0. The third kappa shape index (κ3) is 8.87. The van der Waals surface area contributed by atoms with Gasteiger partial charge >= 0.3 is 23.9 Å². The summed E-state index contributed by atoms with van der Waals surface area (Å²) < 4.78 is 28.2. The van der Waals surface area contributed by atoms with E-state index >= 15 is 0 Å². The van der Waals surface area contributed by atoms with Gasteiger partial charge in [0.2, 0.25) is 0 Å². The van der Waals surface area contributed by atoms with E-state index in [-0.39, 0.29) is 26.4 Å². The number of hydrogen-bond donors (Lipinski definition) is 0. The predicted octanol–water partition coefficient (Wildman–Crippen LogP) is -1.79. The van der Waals surface area contributed by atoms with E-state index in [0.717, 1.165) is 0 Å². The molecule has 10 heteroatoms. The minimum Gasteiger partial charge on any atom is -0.460 e. The van der Waals surface area contributed by atoms with Crippen molar-refractivity contribution < 1.29 is 47.6 Å². The van der Waals surface area contributed by atoms with Crippen LogP contribution in [0.4, 0.5) is 0 Å². The Hall–Kier alpha value is -2.20. The van der Waals surface area contributed by atoms with Crippen LogP contribution >= 0.6 is 0 Å². The quantitative estimate of drug-likeness (QED) is 0.373. The number of ether oxygens (including phenoxy) is 6. The molecule has 0 aromatic heterocycles. The van der Waals surface area contributed by atoms with E-state index in [9.17, 15) is 19.2 Å². The van der Waals surface area contributed by atoms with Crippen LogP contribution in [0.15, 0.2) is 0 Å². The van der Waals surface area contributed by atoms with Crippen LogP contribution < -0.4 is 0 Å². The molecule has 0 atom stereocenters. The van der Waals surface area contributed by atoms with E-state index in [1.54, 1.807) is 0 Å². The second-order valence-corrected chi connectivity index (χ2v) is 3.87. The smallest absolute Gasteiger partial charge is 0.332 e. The largest absolute Gasteiger partial charge is 0.460 e. The topological polar surface area (TPSA) is 124 Å². The lowest BCUT2D eigenvalue weighted by Crippen LogP contribution is -2.24. The van der Waals surface area contributed by atoms with E-state index in [4.69, 9.17) is 9.47 Å². The molecule has 22 heavy (non-hydrogen) atoms. The molecule has 0 N–H and O–H groups in total. The first-order valence-electron chi connectivity index (χ1n) is 6.36. The molecule has 0 aliphatic carbocycles. The lowest BCUT2D eigenvalue weighted by atomic mass is 10.6. The number of cyclic esters (lactones) is 4. The van der Waals surface area contributed by atoms with Gasteiger partial charge in [-0.15, -0.1) is 0 Å². The summed E-state index contributed by atoms with van der Waals surface area (Å²) in [7, 11) is 0. The Labute approximate surface area is 125 Å². The fraction of sp³-hybridized carbons (Fsp3) is 0.667. The summed E-state index contributed by atoms with van der Waals surface area (Å²) in [4.78, 5) is 44.7. The van der Waals surface area contributed by atoms with Crippen molar-refractivity contribution in [1.29, 1.82) is 0 Å². The van der Waals surface area contributed by atoms with E-state index in [2.05, 4.69) is 18.9 Å². The third-order valence-corrected chi connectivity index (χ3v) is 2.10. The number of esters is 4. The van der Waals surface area contributed by atoms with E-state index in [0.29, 0.717) is 0 Å². The van der Waals surface area contributed by atoms with Gasteiger partial charge in [-0.25, -0.2) is 19.2 Å². The maximum atomic E-state index is 11.2. The minimum atomic E-state index is -0.713. The van der Waals surface area contributed by atoms with Crippen LogP contribution in [0.3, 0.4) is 0 Å². The maximum Gasteiger partial charge on any atom is 0.332 e. The van der Waals surface area contributed by atoms with Crippen molar-refractivity contribution in [2.75, 3.05) is 52.9 Å². The van der Waals surface area contributed by atoms with Gasteiger partial charge in [-0.1, -0.05) is 0 Å². The molecule has 0 bridgehead atoms. The van der Waals surface area contributed by atoms with Crippen LogP contribution in [0.2, 0.25) is 0 Å². The van der Waals surface area contributed by atoms with Crippen molar-refractivity contribution in [1.82, 2.24) is 0 Å². The van der Waals surface area contributed by atoms with Crippen molar-refractivity contribution in [3.8, 4) is 0 Å². The molecule has 1 aliphatic heterocycles. The van der Waals surface area contributed by atoms with Gasteiger partial charge in [0, 0.05) is 0 Å². The molecule has 1 fully saturated rings. The van der Waals surface area contributed by atoms with Gasteiger partial charge < -0.3 is 28.4 Å². The van der Waals surface area contributed by atoms with Crippen LogP contribution in [0, 0.1) is 0 Å². The predicted molar refractivity (Wildman–Crippen MR) is 65.5 cm³/mol. The molecule has 1 saturated heterocycles. The summed E-state index contributed by atoms with van der Waals surface area (Å²) in [6.45, 7) is -2.44. The normalized spacial score (nSPS) is 20.7. The molecule has 1 heterocycles. The molecule has 1 rings (SSSR count). The highest BCUT2D eigenvalue weighted by atomic mass is 16.6. The van der Waals surface area contributed by atoms with Crippen LogP contribution in [0.25, 0.3) is 0 Å². The lowest BCUT2D eigenvalue weighted by Gasteiger charge is -2.09. The molecular formula is C12H16O10. The number of carbonyl (C=O) groups excluding carboxylic acids is 4. The molecule has 0 radical (unpaired) electrons. The second kappa shape index (κ2) is 10.5. The van der Waals surface area contributed by atoms with Crippen LogP contribution in [-0.4, -0.2) is 76.7 Å². The SMILES string of the molecule is O=C1COCC(=O)OCCOC(=O)COCC(=O)OCCO1. The average Bonchev–Trinajstić information content (AvgIpc) is 2.47. The zero-order chi connectivity index (χ0) is 16.2. The first-order valence-corrected chi connectivity index (χ1v) is 6.36. The monoisotopic (exact) mass is 320 g/mol. The molecule has 0 aromatic carbocycles. The Bertz CT molecular complexity index is 331. The van der Waals surface area contributed by atoms with Gasteiger partial charge in [0.05, 0.1) is 0 Å². The van der Waals surface area contributed by atoms with E-state index < -0.39 is 50.3 Å². The molecule has 124 valence electrons. The Morgan fingerprint density at radius 1 is 0.455 bits per heavy atom. The number of rotatable bonds is 0. The van der Waals surface area contributed by atoms with E-state index in [1.807, 2.05) is 0 Å². The van der Waals surface area contributed by atoms with Crippen molar-refractivity contribution >= 4 is 23.9 Å². The molecule has 1 aliphatic rings. The first kappa shape index (κ1) is 17.9. The van der Waals surface area contributed by atoms with Gasteiger partial charge in [0.1, 0.15) is 52.9 Å². The summed E-state index contributed by atoms with van der Waals surface area (Å²) in [5.74, 6) is -2.85. The number of carbonyl (C=O) groups is 4. The standard InChI is InChI=1S/C12H16O10/c13-9-5-17-7-11(15)21-3-4-22-12(16)8-18-6-10(14)20-2-1-19-9/h1-8H2. The molecule has 0 aromatic rings. The summed E-state index contributed by atoms with van der Waals surface area (Å²) in [6, 6.07) is 0. The zero-order valence-corrected chi connectivity index (χ0v) is 11.7. The maximum absolute atomic E-state index is 11.2. The van der Waals surface area contributed by atoms with Crippen molar-refractivity contribution in [2.24, 2.45) is 0 Å². The van der Waals surface area contributed by atoms with Gasteiger partial charge in [0.25, 0.3) is 0 Å². The fourth-order valence-electron chi connectivity index (χ4n) is 1.22.